The highest BCUT2D eigenvalue weighted by Crippen LogP contribution is 2.41. The van der Waals surface area contributed by atoms with E-state index in [1.807, 2.05) is 0 Å². The van der Waals surface area contributed by atoms with Crippen molar-refractivity contribution in [1.29, 1.82) is 0 Å². The van der Waals surface area contributed by atoms with Crippen LogP contribution in [0.5, 0.6) is 0 Å². The molecule has 7 nitrogen and oxygen atoms in total. The first-order chi connectivity index (χ1) is 11.4. The first kappa shape index (κ1) is 16.4. The number of benzene rings is 1. The zero-order valence-corrected chi connectivity index (χ0v) is 13.2. The predicted octanol–water partition coefficient (Wildman–Crippen LogP) is 0.743. The Labute approximate surface area is 137 Å². The Bertz CT molecular complexity index is 722. The summed E-state index contributed by atoms with van der Waals surface area (Å²) in [7, 11) is 0. The van der Waals surface area contributed by atoms with Crippen LogP contribution in [0.15, 0.2) is 12.1 Å². The van der Waals surface area contributed by atoms with Crippen LogP contribution in [-0.4, -0.2) is 43.0 Å². The molecule has 2 heterocycles. The number of nitrogens with two attached hydrogens (primary N) is 1. The highest BCUT2D eigenvalue weighted by Gasteiger charge is 2.48. The third kappa shape index (κ3) is 2.62. The van der Waals surface area contributed by atoms with E-state index in [1.165, 1.54) is 17.9 Å². The van der Waals surface area contributed by atoms with E-state index < -0.39 is 23.8 Å². The number of rotatable bonds is 5. The number of hydrogen-bond acceptors (Lipinski definition) is 5. The monoisotopic (exact) mass is 335 g/mol. The molecule has 0 unspecified atom stereocenters. The van der Waals surface area contributed by atoms with Crippen molar-refractivity contribution in [3.63, 3.8) is 0 Å². The van der Waals surface area contributed by atoms with Crippen LogP contribution in [0.25, 0.3) is 0 Å². The van der Waals surface area contributed by atoms with Crippen LogP contribution in [0.2, 0.25) is 0 Å². The van der Waals surface area contributed by atoms with Crippen molar-refractivity contribution in [2.24, 2.45) is 5.73 Å². The lowest BCUT2D eigenvalue weighted by Crippen LogP contribution is -2.35. The van der Waals surface area contributed by atoms with E-state index in [0.717, 1.165) is 0 Å². The van der Waals surface area contributed by atoms with Crippen LogP contribution in [0, 0.1) is 5.82 Å². The van der Waals surface area contributed by atoms with Crippen molar-refractivity contribution < 1.29 is 23.5 Å². The average molecular weight is 335 g/mol. The maximum atomic E-state index is 14.6. The summed E-state index contributed by atoms with van der Waals surface area (Å²) >= 11 is 0. The lowest BCUT2D eigenvalue weighted by molar-refractivity contribution is -0.119. The molecular formula is C16H18FN3O4. The van der Waals surface area contributed by atoms with Gasteiger partial charge in [-0.15, -0.1) is 0 Å². The first-order valence-corrected chi connectivity index (χ1v) is 7.73. The molecule has 1 fully saturated rings. The van der Waals surface area contributed by atoms with Gasteiger partial charge in [0.25, 0.3) is 0 Å². The van der Waals surface area contributed by atoms with Gasteiger partial charge >= 0.3 is 6.09 Å². The number of fused-ring (bicyclic) bond motifs is 3. The topological polar surface area (TPSA) is 102 Å². The number of ketones is 1. The molecule has 2 atom stereocenters. The van der Waals surface area contributed by atoms with Crippen molar-refractivity contribution in [1.82, 2.24) is 5.32 Å². The maximum Gasteiger partial charge on any atom is 0.415 e. The molecule has 2 aliphatic rings. The van der Waals surface area contributed by atoms with Crippen molar-refractivity contribution >= 4 is 23.5 Å². The smallest absolute Gasteiger partial charge is 0.415 e. The summed E-state index contributed by atoms with van der Waals surface area (Å²) in [6.45, 7) is 1.50. The van der Waals surface area contributed by atoms with E-state index in [9.17, 15) is 18.8 Å². The summed E-state index contributed by atoms with van der Waals surface area (Å²) in [4.78, 5) is 36.2. The zero-order chi connectivity index (χ0) is 17.4. The van der Waals surface area contributed by atoms with Gasteiger partial charge < -0.3 is 15.8 Å². The molecule has 2 amide bonds. The molecule has 1 saturated heterocycles. The van der Waals surface area contributed by atoms with Crippen molar-refractivity contribution in [2.45, 2.75) is 31.9 Å². The highest BCUT2D eigenvalue weighted by atomic mass is 19.1. The first-order valence-electron chi connectivity index (χ1n) is 7.73. The SMILES string of the molecule is CC(=O)NCC[C@@H]1OC(=O)N2c3ccc(C(=O)CN)c(F)c3C[C@@H]12. The Morgan fingerprint density at radius 2 is 2.21 bits per heavy atom. The number of hydrogen-bond donors (Lipinski definition) is 2. The maximum absolute atomic E-state index is 14.6. The molecule has 3 rings (SSSR count). The Kier molecular flexibility index (Phi) is 4.23. The van der Waals surface area contributed by atoms with Gasteiger partial charge in [0.15, 0.2) is 5.78 Å². The highest BCUT2D eigenvalue weighted by molar-refractivity contribution is 6.00. The van der Waals surface area contributed by atoms with Crippen molar-refractivity contribution in [2.75, 3.05) is 18.0 Å². The molecule has 8 heteroatoms. The molecule has 2 aliphatic heterocycles. The molecular weight excluding hydrogens is 317 g/mol. The number of nitrogens with one attached hydrogen (secondary N) is 1. The Balaban J connectivity index is 1.84. The van der Waals surface area contributed by atoms with Crippen LogP contribution in [-0.2, 0) is 16.0 Å². The van der Waals surface area contributed by atoms with E-state index >= 15 is 0 Å². The van der Waals surface area contributed by atoms with Gasteiger partial charge in [-0.3, -0.25) is 14.5 Å². The minimum Gasteiger partial charge on any atom is -0.444 e. The number of carbonyl (C=O) groups excluding carboxylic acids is 3. The second kappa shape index (κ2) is 6.20. The fraction of sp³-hybridized carbons (Fsp3) is 0.438. The third-order valence-electron chi connectivity index (χ3n) is 4.39. The second-order valence-corrected chi connectivity index (χ2v) is 5.89. The van der Waals surface area contributed by atoms with Gasteiger partial charge in [-0.25, -0.2) is 9.18 Å². The van der Waals surface area contributed by atoms with Crippen LogP contribution >= 0.6 is 0 Å². The van der Waals surface area contributed by atoms with Crippen LogP contribution in [0.1, 0.15) is 29.3 Å². The number of anilines is 1. The predicted molar refractivity (Wildman–Crippen MR) is 83.3 cm³/mol. The fourth-order valence-corrected chi connectivity index (χ4v) is 3.27. The molecule has 1 aromatic carbocycles. The number of halogens is 1. The minimum absolute atomic E-state index is 0.0550. The Morgan fingerprint density at radius 3 is 2.88 bits per heavy atom. The van der Waals surface area contributed by atoms with Gasteiger partial charge in [-0.1, -0.05) is 0 Å². The number of carbonyl (C=O) groups is 3. The quantitative estimate of drug-likeness (QED) is 0.773. The largest absolute Gasteiger partial charge is 0.444 e. The van der Waals surface area contributed by atoms with Gasteiger partial charge in [-0.05, 0) is 12.1 Å². The van der Waals surface area contributed by atoms with Gasteiger partial charge in [0.2, 0.25) is 5.91 Å². The van der Waals surface area contributed by atoms with Crippen LogP contribution in [0.3, 0.4) is 0 Å². The summed E-state index contributed by atoms with van der Waals surface area (Å²) in [5.74, 6) is -1.26. The van der Waals surface area contributed by atoms with E-state index in [-0.39, 0.29) is 30.5 Å². The second-order valence-electron chi connectivity index (χ2n) is 5.89. The lowest BCUT2D eigenvalue weighted by Gasteiger charge is -2.16. The van der Waals surface area contributed by atoms with Gasteiger partial charge in [0, 0.05) is 31.9 Å². The third-order valence-corrected chi connectivity index (χ3v) is 4.39. The molecule has 0 aromatic heterocycles. The number of ether oxygens (including phenoxy) is 1. The Morgan fingerprint density at radius 1 is 1.46 bits per heavy atom. The number of amides is 2. The zero-order valence-electron chi connectivity index (χ0n) is 13.2. The Hall–Kier alpha value is -2.48. The van der Waals surface area contributed by atoms with E-state index in [1.54, 1.807) is 6.07 Å². The molecule has 0 bridgehead atoms. The van der Waals surface area contributed by atoms with E-state index in [4.69, 9.17) is 10.5 Å². The summed E-state index contributed by atoms with van der Waals surface area (Å²) in [6, 6.07) is 2.57. The molecule has 0 spiro atoms. The van der Waals surface area contributed by atoms with E-state index in [0.29, 0.717) is 24.2 Å². The van der Waals surface area contributed by atoms with Gasteiger partial charge in [-0.2, -0.15) is 0 Å². The molecule has 0 saturated carbocycles. The summed E-state index contributed by atoms with van der Waals surface area (Å²) in [5.41, 5.74) is 6.01. The van der Waals surface area contributed by atoms with Crippen LogP contribution < -0.4 is 16.0 Å². The standard InChI is InChI=1S/C16H18FN3O4/c1-8(21)19-5-4-14-12-6-10-11(20(12)16(23)24-14)3-2-9(15(10)17)13(22)7-18/h2-3,12,14H,4-7,18H2,1H3,(H,19,21)/t12-,14-/m0/s1. The molecule has 0 aliphatic carbocycles. The van der Waals surface area contributed by atoms with Crippen molar-refractivity contribution in [3.8, 4) is 0 Å². The van der Waals surface area contributed by atoms with Gasteiger partial charge in [0.05, 0.1) is 23.8 Å². The number of nitrogens with zero attached hydrogens (tertiary/aromatic N) is 1. The summed E-state index contributed by atoms with van der Waals surface area (Å²) in [5, 5.41) is 2.65. The summed E-state index contributed by atoms with van der Waals surface area (Å²) in [6.07, 6.45) is -0.270. The molecule has 3 N–H and O–H groups in total. The van der Waals surface area contributed by atoms with E-state index in [2.05, 4.69) is 5.32 Å². The molecule has 0 radical (unpaired) electrons. The normalized spacial score (nSPS) is 21.3. The number of Topliss-reactive ketones (excluding diaryl/α,β-unsaturated/α-hetero) is 1. The molecule has 128 valence electrons. The summed E-state index contributed by atoms with van der Waals surface area (Å²) < 4.78 is 20.0. The van der Waals surface area contributed by atoms with Crippen LogP contribution in [0.4, 0.5) is 14.9 Å². The fourth-order valence-electron chi connectivity index (χ4n) is 3.27. The number of cyclic esters (lactones) is 1. The van der Waals surface area contributed by atoms with Crippen molar-refractivity contribution in [3.05, 3.63) is 29.1 Å². The van der Waals surface area contributed by atoms with Gasteiger partial charge in [0.1, 0.15) is 11.9 Å². The molecule has 24 heavy (non-hydrogen) atoms. The minimum atomic E-state index is -0.620. The lowest BCUT2D eigenvalue weighted by atomic mass is 10.00. The molecule has 1 aromatic rings. The average Bonchev–Trinajstić information content (AvgIpc) is 3.06.